The van der Waals surface area contributed by atoms with Crippen molar-refractivity contribution < 1.29 is 14.3 Å². The Kier molecular flexibility index (Phi) is 3.81. The summed E-state index contributed by atoms with van der Waals surface area (Å²) >= 11 is 0. The summed E-state index contributed by atoms with van der Waals surface area (Å²) in [4.78, 5) is 36.0. The smallest absolute Gasteiger partial charge is 0.339 e. The Hall–Kier alpha value is -3.54. The van der Waals surface area contributed by atoms with Gasteiger partial charge in [0.05, 0.1) is 17.5 Å². The van der Waals surface area contributed by atoms with E-state index in [4.69, 9.17) is 4.74 Å². The molecule has 2 aliphatic heterocycles. The highest BCUT2D eigenvalue weighted by atomic mass is 16.6. The first-order chi connectivity index (χ1) is 15.1. The highest BCUT2D eigenvalue weighted by Crippen LogP contribution is 2.52. The molecular weight excluding hydrogens is 390 g/mol. The molecule has 3 aliphatic rings. The topological polar surface area (TPSA) is 72.4 Å². The molecule has 1 spiro atoms. The molecule has 0 bridgehead atoms. The highest BCUT2D eigenvalue weighted by Gasteiger charge is 2.57. The lowest BCUT2D eigenvalue weighted by Crippen LogP contribution is -2.40. The number of esters is 1. The van der Waals surface area contributed by atoms with Crippen LogP contribution >= 0.6 is 0 Å². The number of likely N-dealkylation sites (tertiary alicyclic amines) is 1. The normalized spacial score (nSPS) is 23.0. The first-order valence-corrected chi connectivity index (χ1v) is 10.6. The van der Waals surface area contributed by atoms with Crippen molar-refractivity contribution in [3.05, 3.63) is 83.9 Å². The maximum absolute atomic E-state index is 13.6. The van der Waals surface area contributed by atoms with Crippen LogP contribution in [0.5, 0.6) is 0 Å². The van der Waals surface area contributed by atoms with E-state index < -0.39 is 11.0 Å². The summed E-state index contributed by atoms with van der Waals surface area (Å²) in [7, 11) is 0. The fraction of sp³-hybridized carbons (Fsp3) is 0.280. The number of carbonyl (C=O) groups is 2. The van der Waals surface area contributed by atoms with Crippen LogP contribution in [0.15, 0.2) is 67.3 Å². The Morgan fingerprint density at radius 1 is 0.935 bits per heavy atom. The van der Waals surface area contributed by atoms with Crippen LogP contribution in [-0.2, 0) is 20.5 Å². The van der Waals surface area contributed by atoms with Gasteiger partial charge in [-0.25, -0.2) is 14.8 Å². The van der Waals surface area contributed by atoms with Gasteiger partial charge in [0.25, 0.3) is 0 Å². The van der Waals surface area contributed by atoms with Gasteiger partial charge in [0.15, 0.2) is 5.60 Å². The standard InChI is InChI=1S/C25H21N3O3/c29-22-20-3-1-2-4-21(20)25(31-22)11-12-28(15-25)23(30)24(9-10-24)19-7-5-17(6-8-19)18-13-26-16-27-14-18/h1-8,13-14,16H,9-12,15H2. The van der Waals surface area contributed by atoms with Crippen LogP contribution < -0.4 is 0 Å². The molecule has 6 heteroatoms. The van der Waals surface area contributed by atoms with Crippen LogP contribution in [0.4, 0.5) is 0 Å². The van der Waals surface area contributed by atoms with Gasteiger partial charge in [-0.2, -0.15) is 0 Å². The summed E-state index contributed by atoms with van der Waals surface area (Å²) in [6, 6.07) is 15.7. The van der Waals surface area contributed by atoms with E-state index in [0.29, 0.717) is 25.1 Å². The van der Waals surface area contributed by atoms with Crippen LogP contribution in [-0.4, -0.2) is 39.8 Å². The van der Waals surface area contributed by atoms with Gasteiger partial charge in [0.2, 0.25) is 5.91 Å². The van der Waals surface area contributed by atoms with E-state index >= 15 is 0 Å². The molecule has 6 rings (SSSR count). The van der Waals surface area contributed by atoms with Gasteiger partial charge in [-0.3, -0.25) is 4.79 Å². The third-order valence-corrected chi connectivity index (χ3v) is 6.94. The molecule has 1 amide bonds. The highest BCUT2D eigenvalue weighted by molar-refractivity contribution is 5.96. The fourth-order valence-corrected chi connectivity index (χ4v) is 5.09. The Balaban J connectivity index is 1.25. The van der Waals surface area contributed by atoms with Crippen molar-refractivity contribution in [2.24, 2.45) is 0 Å². The summed E-state index contributed by atoms with van der Waals surface area (Å²) in [6.07, 6.45) is 7.41. The first-order valence-electron chi connectivity index (χ1n) is 10.6. The molecule has 1 aliphatic carbocycles. The van der Waals surface area contributed by atoms with Crippen LogP contribution in [0.25, 0.3) is 11.1 Å². The van der Waals surface area contributed by atoms with Gasteiger partial charge in [-0.15, -0.1) is 0 Å². The summed E-state index contributed by atoms with van der Waals surface area (Å²) in [5, 5.41) is 0. The zero-order chi connectivity index (χ0) is 21.1. The Bertz CT molecular complexity index is 1190. The third-order valence-electron chi connectivity index (χ3n) is 6.94. The van der Waals surface area contributed by atoms with Crippen molar-refractivity contribution in [1.29, 1.82) is 0 Å². The monoisotopic (exact) mass is 411 g/mol. The number of aromatic nitrogens is 2. The molecule has 31 heavy (non-hydrogen) atoms. The second-order valence-electron chi connectivity index (χ2n) is 8.69. The summed E-state index contributed by atoms with van der Waals surface area (Å²) in [5.41, 5.74) is 3.40. The first kappa shape index (κ1) is 18.2. The van der Waals surface area contributed by atoms with Crippen molar-refractivity contribution in [3.8, 4) is 11.1 Å². The molecular formula is C25H21N3O3. The molecule has 1 aromatic heterocycles. The van der Waals surface area contributed by atoms with E-state index in [1.54, 1.807) is 18.5 Å². The molecule has 2 fully saturated rings. The second kappa shape index (κ2) is 6.48. The Morgan fingerprint density at radius 2 is 1.68 bits per heavy atom. The molecule has 0 N–H and O–H groups in total. The zero-order valence-corrected chi connectivity index (χ0v) is 17.0. The fourth-order valence-electron chi connectivity index (χ4n) is 5.09. The van der Waals surface area contributed by atoms with Crippen molar-refractivity contribution >= 4 is 11.9 Å². The van der Waals surface area contributed by atoms with Gasteiger partial charge in [-0.1, -0.05) is 42.5 Å². The van der Waals surface area contributed by atoms with Gasteiger partial charge in [0.1, 0.15) is 6.33 Å². The summed E-state index contributed by atoms with van der Waals surface area (Å²) < 4.78 is 5.82. The number of fused-ring (bicyclic) bond motifs is 2. The molecule has 2 aromatic carbocycles. The number of hydrogen-bond donors (Lipinski definition) is 0. The largest absolute Gasteiger partial charge is 0.449 e. The number of rotatable bonds is 3. The van der Waals surface area contributed by atoms with Gasteiger partial charge >= 0.3 is 5.97 Å². The molecule has 0 radical (unpaired) electrons. The number of carbonyl (C=O) groups excluding carboxylic acids is 2. The van der Waals surface area contributed by atoms with Crippen molar-refractivity contribution in [2.75, 3.05) is 13.1 Å². The maximum atomic E-state index is 13.6. The van der Waals surface area contributed by atoms with Crippen molar-refractivity contribution in [3.63, 3.8) is 0 Å². The molecule has 3 heterocycles. The molecule has 1 atom stereocenters. The SMILES string of the molecule is O=C1OC2(CCN(C(=O)C3(c4ccc(-c5cncnc5)cc4)CC3)C2)c2ccccc21. The molecule has 1 unspecified atom stereocenters. The Morgan fingerprint density at radius 3 is 2.42 bits per heavy atom. The minimum atomic E-state index is -0.698. The van der Waals surface area contributed by atoms with E-state index in [-0.39, 0.29) is 11.9 Å². The molecule has 3 aromatic rings. The summed E-state index contributed by atoms with van der Waals surface area (Å²) in [5.74, 6) is -0.146. The van der Waals surface area contributed by atoms with Crippen molar-refractivity contribution in [2.45, 2.75) is 30.3 Å². The minimum Gasteiger partial charge on any atom is -0.449 e. The van der Waals surface area contributed by atoms with E-state index in [1.165, 1.54) is 6.33 Å². The van der Waals surface area contributed by atoms with Gasteiger partial charge < -0.3 is 9.64 Å². The number of nitrogens with zero attached hydrogens (tertiary/aromatic N) is 3. The van der Waals surface area contributed by atoms with E-state index in [1.807, 2.05) is 47.4 Å². The zero-order valence-electron chi connectivity index (χ0n) is 17.0. The number of ether oxygens (including phenoxy) is 1. The van der Waals surface area contributed by atoms with Gasteiger partial charge in [0, 0.05) is 36.5 Å². The quantitative estimate of drug-likeness (QED) is 0.617. The lowest BCUT2D eigenvalue weighted by molar-refractivity contribution is -0.134. The predicted octanol–water partition coefficient (Wildman–Crippen LogP) is 3.47. The lowest BCUT2D eigenvalue weighted by atomic mass is 9.91. The minimum absolute atomic E-state index is 0.139. The Labute approximate surface area is 179 Å². The predicted molar refractivity (Wildman–Crippen MR) is 113 cm³/mol. The molecule has 154 valence electrons. The van der Waals surface area contributed by atoms with Crippen LogP contribution in [0.3, 0.4) is 0 Å². The van der Waals surface area contributed by atoms with Crippen LogP contribution in [0.1, 0.15) is 40.7 Å². The molecule has 6 nitrogen and oxygen atoms in total. The number of hydrogen-bond acceptors (Lipinski definition) is 5. The molecule has 1 saturated heterocycles. The average molecular weight is 411 g/mol. The van der Waals surface area contributed by atoms with Gasteiger partial charge in [-0.05, 0) is 30.0 Å². The van der Waals surface area contributed by atoms with E-state index in [0.717, 1.165) is 35.1 Å². The number of amides is 1. The summed E-state index contributed by atoms with van der Waals surface area (Å²) in [6.45, 7) is 1.03. The third kappa shape index (κ3) is 2.71. The van der Waals surface area contributed by atoms with Crippen LogP contribution in [0, 0.1) is 0 Å². The van der Waals surface area contributed by atoms with E-state index in [2.05, 4.69) is 9.97 Å². The molecule has 1 saturated carbocycles. The lowest BCUT2D eigenvalue weighted by Gasteiger charge is -2.27. The maximum Gasteiger partial charge on any atom is 0.339 e. The number of benzene rings is 2. The van der Waals surface area contributed by atoms with Crippen LogP contribution in [0.2, 0.25) is 0 Å². The van der Waals surface area contributed by atoms with E-state index in [9.17, 15) is 9.59 Å². The average Bonchev–Trinajstić information content (AvgIpc) is 3.46. The second-order valence-corrected chi connectivity index (χ2v) is 8.69. The van der Waals surface area contributed by atoms with Crippen molar-refractivity contribution in [1.82, 2.24) is 14.9 Å².